The van der Waals surface area contributed by atoms with Crippen molar-refractivity contribution in [1.82, 2.24) is 0 Å². The van der Waals surface area contributed by atoms with Crippen LogP contribution < -0.4 is 0 Å². The minimum absolute atomic E-state index is 0.225. The van der Waals surface area contributed by atoms with Crippen molar-refractivity contribution in [1.29, 1.82) is 0 Å². The van der Waals surface area contributed by atoms with Crippen LogP contribution in [0.25, 0.3) is 0 Å². The van der Waals surface area contributed by atoms with Crippen LogP contribution >= 0.6 is 0 Å². The van der Waals surface area contributed by atoms with Crippen molar-refractivity contribution in [2.75, 3.05) is 0 Å². The summed E-state index contributed by atoms with van der Waals surface area (Å²) in [5.41, 5.74) is 0.225. The summed E-state index contributed by atoms with van der Waals surface area (Å²) in [6, 6.07) is 0. The topological polar surface area (TPSA) is 0 Å². The van der Waals surface area contributed by atoms with Crippen molar-refractivity contribution in [3.8, 4) is 0 Å². The second-order valence-electron chi connectivity index (χ2n) is 4.40. The van der Waals surface area contributed by atoms with Crippen LogP contribution in [0.4, 0.5) is 0 Å². The standard InChI is InChI=1S/C12H22/c1-7-9-11(10(3)4)12(5,6)8-2/h7-8,10-11H,1-2,9H2,3-6H3/t11-/m1/s1. The van der Waals surface area contributed by atoms with Gasteiger partial charge in [0.05, 0.1) is 0 Å². The Morgan fingerprint density at radius 3 is 2.00 bits per heavy atom. The highest BCUT2D eigenvalue weighted by Crippen LogP contribution is 2.36. The molecule has 1 atom stereocenters. The minimum Gasteiger partial charge on any atom is -0.103 e. The lowest BCUT2D eigenvalue weighted by Gasteiger charge is -2.34. The molecule has 70 valence electrons. The van der Waals surface area contributed by atoms with E-state index < -0.39 is 0 Å². The van der Waals surface area contributed by atoms with Crippen molar-refractivity contribution >= 4 is 0 Å². The van der Waals surface area contributed by atoms with Crippen LogP contribution in [0.1, 0.15) is 34.1 Å². The molecule has 0 nitrogen and oxygen atoms in total. The molecule has 0 bridgehead atoms. The van der Waals surface area contributed by atoms with Gasteiger partial charge in [-0.3, -0.25) is 0 Å². The molecule has 0 saturated carbocycles. The lowest BCUT2D eigenvalue weighted by Crippen LogP contribution is -2.25. The molecule has 0 spiro atoms. The zero-order chi connectivity index (χ0) is 9.78. The van der Waals surface area contributed by atoms with E-state index in [0.29, 0.717) is 11.8 Å². The number of rotatable bonds is 5. The molecule has 0 aliphatic carbocycles. The van der Waals surface area contributed by atoms with Gasteiger partial charge in [0.2, 0.25) is 0 Å². The van der Waals surface area contributed by atoms with Gasteiger partial charge >= 0.3 is 0 Å². The molecular weight excluding hydrogens is 144 g/mol. The van der Waals surface area contributed by atoms with Gasteiger partial charge in [-0.1, -0.05) is 39.8 Å². The molecule has 0 unspecified atom stereocenters. The zero-order valence-electron chi connectivity index (χ0n) is 8.93. The lowest BCUT2D eigenvalue weighted by molar-refractivity contribution is 0.214. The third-order valence-corrected chi connectivity index (χ3v) is 2.71. The van der Waals surface area contributed by atoms with Gasteiger partial charge in [-0.15, -0.1) is 13.2 Å². The third kappa shape index (κ3) is 2.84. The fourth-order valence-corrected chi connectivity index (χ4v) is 1.77. The summed E-state index contributed by atoms with van der Waals surface area (Å²) in [5.74, 6) is 1.35. The summed E-state index contributed by atoms with van der Waals surface area (Å²) in [5, 5.41) is 0. The molecule has 12 heavy (non-hydrogen) atoms. The fraction of sp³-hybridized carbons (Fsp3) is 0.667. The summed E-state index contributed by atoms with van der Waals surface area (Å²) in [6.45, 7) is 16.7. The first-order valence-corrected chi connectivity index (χ1v) is 4.70. The number of hydrogen-bond donors (Lipinski definition) is 0. The maximum absolute atomic E-state index is 3.88. The van der Waals surface area contributed by atoms with E-state index in [9.17, 15) is 0 Å². The quantitative estimate of drug-likeness (QED) is 0.541. The van der Waals surface area contributed by atoms with Crippen molar-refractivity contribution < 1.29 is 0 Å². The minimum atomic E-state index is 0.225. The van der Waals surface area contributed by atoms with Crippen LogP contribution in [0.15, 0.2) is 25.3 Å². The van der Waals surface area contributed by atoms with Crippen LogP contribution in [0.3, 0.4) is 0 Å². The molecule has 0 N–H and O–H groups in total. The van der Waals surface area contributed by atoms with Gasteiger partial charge in [0.1, 0.15) is 0 Å². The van der Waals surface area contributed by atoms with E-state index in [4.69, 9.17) is 0 Å². The van der Waals surface area contributed by atoms with Gasteiger partial charge in [0.15, 0.2) is 0 Å². The van der Waals surface area contributed by atoms with Crippen LogP contribution in [0, 0.1) is 17.3 Å². The van der Waals surface area contributed by atoms with Gasteiger partial charge in [-0.25, -0.2) is 0 Å². The van der Waals surface area contributed by atoms with Gasteiger partial charge in [-0.05, 0) is 23.7 Å². The Balaban J connectivity index is 4.48. The van der Waals surface area contributed by atoms with Crippen LogP contribution in [-0.2, 0) is 0 Å². The molecule has 0 aliphatic heterocycles. The first-order chi connectivity index (χ1) is 5.45. The van der Waals surface area contributed by atoms with Crippen molar-refractivity contribution in [2.24, 2.45) is 17.3 Å². The first-order valence-electron chi connectivity index (χ1n) is 4.70. The normalized spacial score (nSPS) is 14.4. The van der Waals surface area contributed by atoms with Gasteiger partial charge in [0, 0.05) is 0 Å². The van der Waals surface area contributed by atoms with Crippen molar-refractivity contribution in [3.05, 3.63) is 25.3 Å². The largest absolute Gasteiger partial charge is 0.103 e. The van der Waals surface area contributed by atoms with Crippen molar-refractivity contribution in [3.63, 3.8) is 0 Å². The van der Waals surface area contributed by atoms with E-state index in [1.165, 1.54) is 0 Å². The Labute approximate surface area is 77.4 Å². The SMILES string of the molecule is C=CC[C@H](C(C)C)C(C)(C)C=C. The summed E-state index contributed by atoms with van der Waals surface area (Å²) in [7, 11) is 0. The van der Waals surface area contributed by atoms with Crippen LogP contribution in [-0.4, -0.2) is 0 Å². The summed E-state index contributed by atoms with van der Waals surface area (Å²) < 4.78 is 0. The van der Waals surface area contributed by atoms with E-state index in [2.05, 4.69) is 46.9 Å². The predicted molar refractivity (Wildman–Crippen MR) is 57.1 cm³/mol. The van der Waals surface area contributed by atoms with E-state index in [1.807, 2.05) is 6.08 Å². The van der Waals surface area contributed by atoms with Crippen molar-refractivity contribution in [2.45, 2.75) is 34.1 Å². The highest BCUT2D eigenvalue weighted by molar-refractivity contribution is 4.96. The molecule has 0 aromatic carbocycles. The van der Waals surface area contributed by atoms with E-state index in [1.54, 1.807) is 0 Å². The average Bonchev–Trinajstić information content (AvgIpc) is 1.99. The predicted octanol–water partition coefficient (Wildman–Crippen LogP) is 4.05. The number of allylic oxidation sites excluding steroid dienone is 2. The maximum atomic E-state index is 3.88. The Morgan fingerprint density at radius 2 is 1.75 bits per heavy atom. The molecule has 0 amide bonds. The second kappa shape index (κ2) is 4.49. The molecule has 0 radical (unpaired) electrons. The van der Waals surface area contributed by atoms with Gasteiger partial charge in [0.25, 0.3) is 0 Å². The molecular formula is C12H22. The Bertz CT molecular complexity index is 151. The Hall–Kier alpha value is -0.520. The average molecular weight is 166 g/mol. The van der Waals surface area contributed by atoms with Gasteiger partial charge < -0.3 is 0 Å². The van der Waals surface area contributed by atoms with Gasteiger partial charge in [-0.2, -0.15) is 0 Å². The van der Waals surface area contributed by atoms with Crippen LogP contribution in [0.5, 0.6) is 0 Å². The highest BCUT2D eigenvalue weighted by Gasteiger charge is 2.27. The zero-order valence-corrected chi connectivity index (χ0v) is 8.93. The summed E-state index contributed by atoms with van der Waals surface area (Å²) in [4.78, 5) is 0. The third-order valence-electron chi connectivity index (χ3n) is 2.71. The van der Waals surface area contributed by atoms with E-state index in [-0.39, 0.29) is 5.41 Å². The lowest BCUT2D eigenvalue weighted by atomic mass is 9.71. The van der Waals surface area contributed by atoms with E-state index >= 15 is 0 Å². The summed E-state index contributed by atoms with van der Waals surface area (Å²) >= 11 is 0. The second-order valence-corrected chi connectivity index (χ2v) is 4.40. The molecule has 0 rings (SSSR count). The molecule has 0 aromatic rings. The van der Waals surface area contributed by atoms with E-state index in [0.717, 1.165) is 6.42 Å². The highest BCUT2D eigenvalue weighted by atomic mass is 14.3. The summed E-state index contributed by atoms with van der Waals surface area (Å²) in [6.07, 6.45) is 5.15. The molecule has 0 aliphatic rings. The smallest absolute Gasteiger partial charge is 0.0144 e. The molecule has 0 heteroatoms. The first kappa shape index (κ1) is 11.5. The monoisotopic (exact) mass is 166 g/mol. The Kier molecular flexibility index (Phi) is 4.30. The Morgan fingerprint density at radius 1 is 1.25 bits per heavy atom. The van der Waals surface area contributed by atoms with Crippen LogP contribution in [0.2, 0.25) is 0 Å². The molecule has 0 aromatic heterocycles. The molecule has 0 heterocycles. The maximum Gasteiger partial charge on any atom is -0.0144 e. The fourth-order valence-electron chi connectivity index (χ4n) is 1.77. The number of hydrogen-bond acceptors (Lipinski definition) is 0. The molecule has 0 fully saturated rings. The molecule has 0 saturated heterocycles.